The minimum atomic E-state index is -0.536. The lowest BCUT2D eigenvalue weighted by atomic mass is 10.1. The van der Waals surface area contributed by atoms with E-state index in [4.69, 9.17) is 10.5 Å². The lowest BCUT2D eigenvalue weighted by molar-refractivity contribution is 0.410. The van der Waals surface area contributed by atoms with Gasteiger partial charge >= 0.3 is 0 Å². The molecule has 0 fully saturated rings. The van der Waals surface area contributed by atoms with Crippen molar-refractivity contribution in [2.45, 2.75) is 13.0 Å². The van der Waals surface area contributed by atoms with E-state index in [9.17, 15) is 4.39 Å². The largest absolute Gasteiger partial charge is 0.496 e. The Balaban J connectivity index is 2.95. The predicted molar refractivity (Wildman–Crippen MR) is 50.6 cm³/mol. The van der Waals surface area contributed by atoms with Gasteiger partial charge in [-0.25, -0.2) is 4.39 Å². The molecule has 0 radical (unpaired) electrons. The summed E-state index contributed by atoms with van der Waals surface area (Å²) < 4.78 is 17.3. The predicted octanol–water partition coefficient (Wildman–Crippen LogP) is 1.97. The van der Waals surface area contributed by atoms with Crippen LogP contribution in [0.3, 0.4) is 0 Å². The maximum absolute atomic E-state index is 12.2. The molecule has 0 saturated heterocycles. The van der Waals surface area contributed by atoms with Crippen molar-refractivity contribution in [2.24, 2.45) is 5.73 Å². The smallest absolute Gasteiger partial charge is 0.121 e. The molecule has 1 aromatic rings. The van der Waals surface area contributed by atoms with Gasteiger partial charge in [0.2, 0.25) is 0 Å². The Bertz CT molecular complexity index is 288. The van der Waals surface area contributed by atoms with Gasteiger partial charge in [0.05, 0.1) is 13.2 Å². The number of hydrogen-bond donors (Lipinski definition) is 1. The molecule has 1 rings (SSSR count). The number of halogens is 1. The van der Waals surface area contributed by atoms with E-state index >= 15 is 0 Å². The second-order valence-electron chi connectivity index (χ2n) is 2.99. The number of hydrogen-bond acceptors (Lipinski definition) is 2. The second kappa shape index (κ2) is 4.23. The fourth-order valence-electron chi connectivity index (χ4n) is 1.22. The zero-order valence-corrected chi connectivity index (χ0v) is 7.88. The molecular weight excluding hydrogens is 169 g/mol. The van der Waals surface area contributed by atoms with Gasteiger partial charge in [-0.1, -0.05) is 12.1 Å². The van der Waals surface area contributed by atoms with E-state index in [0.29, 0.717) is 0 Å². The van der Waals surface area contributed by atoms with Crippen LogP contribution in [-0.4, -0.2) is 13.8 Å². The van der Waals surface area contributed by atoms with Crippen LogP contribution in [-0.2, 0) is 0 Å². The molecule has 1 atom stereocenters. The second-order valence-corrected chi connectivity index (χ2v) is 2.99. The number of nitrogens with two attached hydrogens (primary N) is 1. The monoisotopic (exact) mass is 183 g/mol. The first kappa shape index (κ1) is 9.99. The van der Waals surface area contributed by atoms with Gasteiger partial charge in [-0.3, -0.25) is 0 Å². The topological polar surface area (TPSA) is 35.2 Å². The molecule has 2 N–H and O–H groups in total. The van der Waals surface area contributed by atoms with Gasteiger partial charge in [0, 0.05) is 0 Å². The van der Waals surface area contributed by atoms with Crippen LogP contribution in [0.1, 0.15) is 17.2 Å². The molecule has 0 bridgehead atoms. The van der Waals surface area contributed by atoms with E-state index in [0.717, 1.165) is 16.9 Å². The Hall–Kier alpha value is -1.09. The van der Waals surface area contributed by atoms with E-state index in [2.05, 4.69) is 0 Å². The Kier molecular flexibility index (Phi) is 3.25. The molecule has 72 valence electrons. The van der Waals surface area contributed by atoms with Crippen molar-refractivity contribution >= 4 is 0 Å². The molecule has 0 aliphatic heterocycles. The highest BCUT2D eigenvalue weighted by Gasteiger charge is 2.06. The van der Waals surface area contributed by atoms with Gasteiger partial charge in [0.1, 0.15) is 12.4 Å². The number of alkyl halides is 1. The highest BCUT2D eigenvalue weighted by Crippen LogP contribution is 2.21. The summed E-state index contributed by atoms with van der Waals surface area (Å²) in [6, 6.07) is 4.92. The molecular formula is C10H14FNO. The first-order valence-electron chi connectivity index (χ1n) is 4.15. The quantitative estimate of drug-likeness (QED) is 0.777. The van der Waals surface area contributed by atoms with Crippen LogP contribution in [0.15, 0.2) is 18.2 Å². The summed E-state index contributed by atoms with van der Waals surface area (Å²) in [7, 11) is 1.61. The highest BCUT2D eigenvalue weighted by molar-refractivity contribution is 5.37. The Labute approximate surface area is 77.5 Å². The molecule has 0 heterocycles. The fourth-order valence-corrected chi connectivity index (χ4v) is 1.22. The van der Waals surface area contributed by atoms with Crippen LogP contribution in [0, 0.1) is 6.92 Å². The number of benzene rings is 1. The fraction of sp³-hybridized carbons (Fsp3) is 0.400. The number of methoxy groups -OCH3 is 1. The molecule has 0 saturated carbocycles. The van der Waals surface area contributed by atoms with Crippen molar-refractivity contribution in [3.05, 3.63) is 29.3 Å². The molecule has 0 aliphatic rings. The summed E-state index contributed by atoms with van der Waals surface area (Å²) in [6.45, 7) is 1.37. The van der Waals surface area contributed by atoms with Crippen molar-refractivity contribution in [1.82, 2.24) is 0 Å². The van der Waals surface area contributed by atoms with E-state index in [1.165, 1.54) is 0 Å². The maximum atomic E-state index is 12.2. The molecule has 0 aromatic heterocycles. The molecule has 0 unspecified atom stereocenters. The number of ether oxygens (including phenoxy) is 1. The van der Waals surface area contributed by atoms with E-state index in [1.54, 1.807) is 19.2 Å². The van der Waals surface area contributed by atoms with Crippen LogP contribution >= 0.6 is 0 Å². The normalized spacial score (nSPS) is 12.6. The van der Waals surface area contributed by atoms with Crippen LogP contribution < -0.4 is 10.5 Å². The molecule has 0 amide bonds. The van der Waals surface area contributed by atoms with Crippen molar-refractivity contribution in [3.8, 4) is 5.75 Å². The first-order valence-corrected chi connectivity index (χ1v) is 4.15. The van der Waals surface area contributed by atoms with Gasteiger partial charge in [-0.05, 0) is 24.1 Å². The van der Waals surface area contributed by atoms with Crippen molar-refractivity contribution in [3.63, 3.8) is 0 Å². The Morgan fingerprint density at radius 1 is 1.54 bits per heavy atom. The molecule has 0 aliphatic carbocycles. The van der Waals surface area contributed by atoms with Crippen LogP contribution in [0.5, 0.6) is 5.75 Å². The Morgan fingerprint density at radius 2 is 2.23 bits per heavy atom. The summed E-state index contributed by atoms with van der Waals surface area (Å²) in [5.41, 5.74) is 7.32. The number of rotatable bonds is 3. The maximum Gasteiger partial charge on any atom is 0.121 e. The third-order valence-corrected chi connectivity index (χ3v) is 2.01. The lowest BCUT2D eigenvalue weighted by Crippen LogP contribution is -2.12. The molecule has 13 heavy (non-hydrogen) atoms. The van der Waals surface area contributed by atoms with E-state index < -0.39 is 12.7 Å². The molecule has 3 heteroatoms. The summed E-state index contributed by atoms with van der Waals surface area (Å²) in [6.07, 6.45) is 0. The minimum absolute atomic E-state index is 0.524. The van der Waals surface area contributed by atoms with Crippen LogP contribution in [0.4, 0.5) is 4.39 Å². The molecule has 0 spiro atoms. The average Bonchev–Trinajstić information content (AvgIpc) is 2.16. The van der Waals surface area contributed by atoms with Gasteiger partial charge in [-0.15, -0.1) is 0 Å². The first-order chi connectivity index (χ1) is 6.19. The van der Waals surface area contributed by atoms with Gasteiger partial charge in [0.25, 0.3) is 0 Å². The van der Waals surface area contributed by atoms with Crippen molar-refractivity contribution in [1.29, 1.82) is 0 Å². The zero-order valence-electron chi connectivity index (χ0n) is 7.88. The standard InChI is InChI=1S/C10H14FNO/c1-7-5-8(9(12)6-11)3-4-10(7)13-2/h3-5,9H,6,12H2,1-2H3/t9-/m1/s1. The van der Waals surface area contributed by atoms with Crippen molar-refractivity contribution in [2.75, 3.05) is 13.8 Å². The average molecular weight is 183 g/mol. The summed E-state index contributed by atoms with van der Waals surface area (Å²) in [4.78, 5) is 0. The van der Waals surface area contributed by atoms with Gasteiger partial charge in [0.15, 0.2) is 0 Å². The van der Waals surface area contributed by atoms with Crippen LogP contribution in [0.25, 0.3) is 0 Å². The summed E-state index contributed by atoms with van der Waals surface area (Å²) in [5, 5.41) is 0. The minimum Gasteiger partial charge on any atom is -0.496 e. The third-order valence-electron chi connectivity index (χ3n) is 2.01. The Morgan fingerprint density at radius 3 is 2.69 bits per heavy atom. The molecule has 1 aromatic carbocycles. The van der Waals surface area contributed by atoms with Crippen molar-refractivity contribution < 1.29 is 9.13 Å². The van der Waals surface area contributed by atoms with Gasteiger partial charge in [-0.2, -0.15) is 0 Å². The van der Waals surface area contributed by atoms with Gasteiger partial charge < -0.3 is 10.5 Å². The highest BCUT2D eigenvalue weighted by atomic mass is 19.1. The zero-order chi connectivity index (χ0) is 9.84. The lowest BCUT2D eigenvalue weighted by Gasteiger charge is -2.10. The SMILES string of the molecule is COc1ccc([C@H](N)CF)cc1C. The number of aryl methyl sites for hydroxylation is 1. The van der Waals surface area contributed by atoms with E-state index in [-0.39, 0.29) is 0 Å². The third kappa shape index (κ3) is 2.18. The van der Waals surface area contributed by atoms with Crippen LogP contribution in [0.2, 0.25) is 0 Å². The summed E-state index contributed by atoms with van der Waals surface area (Å²) in [5.74, 6) is 0.801. The van der Waals surface area contributed by atoms with E-state index in [1.807, 2.05) is 13.0 Å². The molecule has 2 nitrogen and oxygen atoms in total. The summed E-state index contributed by atoms with van der Waals surface area (Å²) >= 11 is 0.